The zero-order chi connectivity index (χ0) is 17.7. The van der Waals surface area contributed by atoms with Gasteiger partial charge in [0.15, 0.2) is 6.54 Å². The molecular formula is C21H29N2O+. The van der Waals surface area contributed by atoms with Gasteiger partial charge in [0.2, 0.25) is 0 Å². The van der Waals surface area contributed by atoms with Gasteiger partial charge in [0.05, 0.1) is 7.05 Å². The number of para-hydroxylation sites is 1. The number of carbonyl (C=O) groups excluding carboxylic acids is 1. The second-order valence-corrected chi connectivity index (χ2v) is 7.62. The Kier molecular flexibility index (Phi) is 5.79. The number of aryl methyl sites for hydroxylation is 1. The normalized spacial score (nSPS) is 12.7. The van der Waals surface area contributed by atoms with E-state index in [1.165, 1.54) is 16.0 Å². The van der Waals surface area contributed by atoms with Crippen LogP contribution >= 0.6 is 0 Å². The molecule has 0 radical (unpaired) electrons. The van der Waals surface area contributed by atoms with Crippen LogP contribution < -0.4 is 10.2 Å². The van der Waals surface area contributed by atoms with Crippen molar-refractivity contribution in [3.8, 4) is 0 Å². The Morgan fingerprint density at radius 3 is 2.25 bits per heavy atom. The first-order chi connectivity index (χ1) is 11.3. The molecular weight excluding hydrogens is 296 g/mol. The molecule has 3 nitrogen and oxygen atoms in total. The fraction of sp³-hybridized carbons (Fsp3) is 0.381. The lowest BCUT2D eigenvalue weighted by atomic mass is 9.87. The van der Waals surface area contributed by atoms with Crippen molar-refractivity contribution in [2.24, 2.45) is 0 Å². The highest BCUT2D eigenvalue weighted by Crippen LogP contribution is 2.21. The average Bonchev–Trinajstić information content (AvgIpc) is 2.49. The highest BCUT2D eigenvalue weighted by molar-refractivity contribution is 5.92. The molecule has 3 heteroatoms. The maximum absolute atomic E-state index is 12.2. The standard InChI is InChI=1S/C21H28N2O/c1-16-8-6-7-9-19(16)22-20(24)15-23(5)14-17-10-12-18(13-11-17)21(2,3)4/h6-13H,14-15H2,1-5H3,(H,22,24)/p+1. The van der Waals surface area contributed by atoms with Crippen molar-refractivity contribution in [1.82, 2.24) is 0 Å². The molecule has 1 amide bonds. The average molecular weight is 325 g/mol. The van der Waals surface area contributed by atoms with E-state index in [9.17, 15) is 4.79 Å². The number of likely N-dealkylation sites (N-methyl/N-ethyl adjacent to an activating group) is 1. The third-order valence-corrected chi connectivity index (χ3v) is 4.21. The monoisotopic (exact) mass is 325 g/mol. The smallest absolute Gasteiger partial charge is 0.279 e. The minimum atomic E-state index is 0.0492. The summed E-state index contributed by atoms with van der Waals surface area (Å²) in [7, 11) is 2.05. The van der Waals surface area contributed by atoms with Crippen molar-refractivity contribution in [3.63, 3.8) is 0 Å². The van der Waals surface area contributed by atoms with Crippen LogP contribution in [-0.4, -0.2) is 19.5 Å². The van der Waals surface area contributed by atoms with E-state index in [-0.39, 0.29) is 11.3 Å². The van der Waals surface area contributed by atoms with E-state index in [0.29, 0.717) is 6.54 Å². The summed E-state index contributed by atoms with van der Waals surface area (Å²) in [5, 5.41) is 3.00. The number of rotatable bonds is 5. The topological polar surface area (TPSA) is 33.5 Å². The highest BCUT2D eigenvalue weighted by atomic mass is 16.2. The number of anilines is 1. The zero-order valence-corrected chi connectivity index (χ0v) is 15.4. The van der Waals surface area contributed by atoms with E-state index in [0.717, 1.165) is 17.8 Å². The van der Waals surface area contributed by atoms with Crippen molar-refractivity contribution in [2.75, 3.05) is 18.9 Å². The van der Waals surface area contributed by atoms with Crippen LogP contribution in [0.2, 0.25) is 0 Å². The zero-order valence-electron chi connectivity index (χ0n) is 15.4. The lowest BCUT2D eigenvalue weighted by Crippen LogP contribution is -3.08. The van der Waals surface area contributed by atoms with Gasteiger partial charge >= 0.3 is 0 Å². The van der Waals surface area contributed by atoms with Gasteiger partial charge in [-0.3, -0.25) is 4.79 Å². The van der Waals surface area contributed by atoms with Gasteiger partial charge in [0, 0.05) is 11.3 Å². The van der Waals surface area contributed by atoms with Gasteiger partial charge in [-0.1, -0.05) is 63.2 Å². The van der Waals surface area contributed by atoms with Crippen LogP contribution in [0.5, 0.6) is 0 Å². The quantitative estimate of drug-likeness (QED) is 0.871. The van der Waals surface area contributed by atoms with Crippen molar-refractivity contribution >= 4 is 11.6 Å². The predicted octanol–water partition coefficient (Wildman–Crippen LogP) is 2.95. The largest absolute Gasteiger partial charge is 0.326 e. The van der Waals surface area contributed by atoms with Crippen molar-refractivity contribution in [1.29, 1.82) is 0 Å². The number of carbonyl (C=O) groups is 1. The maximum atomic E-state index is 12.2. The molecule has 24 heavy (non-hydrogen) atoms. The second kappa shape index (κ2) is 7.63. The minimum Gasteiger partial charge on any atom is -0.326 e. The Hall–Kier alpha value is -2.13. The molecule has 1 atom stereocenters. The first-order valence-electron chi connectivity index (χ1n) is 8.52. The molecule has 0 bridgehead atoms. The minimum absolute atomic E-state index is 0.0492. The lowest BCUT2D eigenvalue weighted by molar-refractivity contribution is -0.885. The maximum Gasteiger partial charge on any atom is 0.279 e. The van der Waals surface area contributed by atoms with E-state index in [4.69, 9.17) is 0 Å². The highest BCUT2D eigenvalue weighted by Gasteiger charge is 2.15. The molecule has 0 heterocycles. The SMILES string of the molecule is Cc1ccccc1NC(=O)C[NH+](C)Cc1ccc(C(C)(C)C)cc1. The van der Waals surface area contributed by atoms with E-state index >= 15 is 0 Å². The molecule has 0 spiro atoms. The predicted molar refractivity (Wildman–Crippen MR) is 100 cm³/mol. The molecule has 2 N–H and O–H groups in total. The van der Waals surface area contributed by atoms with Crippen LogP contribution in [0.15, 0.2) is 48.5 Å². The fourth-order valence-electron chi connectivity index (χ4n) is 2.72. The molecule has 0 saturated carbocycles. The Morgan fingerprint density at radius 1 is 1.04 bits per heavy atom. The van der Waals surface area contributed by atoms with E-state index < -0.39 is 0 Å². The fourth-order valence-corrected chi connectivity index (χ4v) is 2.72. The Bertz CT molecular complexity index is 684. The molecule has 0 saturated heterocycles. The van der Waals surface area contributed by atoms with Crippen LogP contribution in [0.4, 0.5) is 5.69 Å². The van der Waals surface area contributed by atoms with Gasteiger partial charge < -0.3 is 10.2 Å². The molecule has 0 aliphatic heterocycles. The molecule has 0 aliphatic carbocycles. The summed E-state index contributed by atoms with van der Waals surface area (Å²) in [5.41, 5.74) is 4.74. The van der Waals surface area contributed by atoms with E-state index in [1.54, 1.807) is 0 Å². The molecule has 1 unspecified atom stereocenters. The van der Waals surface area contributed by atoms with Crippen LogP contribution in [-0.2, 0) is 16.8 Å². The third-order valence-electron chi connectivity index (χ3n) is 4.21. The van der Waals surface area contributed by atoms with Crippen LogP contribution in [0.1, 0.15) is 37.5 Å². The summed E-state index contributed by atoms with van der Waals surface area (Å²) in [4.78, 5) is 13.4. The molecule has 2 aromatic rings. The summed E-state index contributed by atoms with van der Waals surface area (Å²) in [6.07, 6.45) is 0. The first kappa shape index (κ1) is 18.2. The van der Waals surface area contributed by atoms with Crippen LogP contribution in [0, 0.1) is 6.92 Å². The number of nitrogens with one attached hydrogen (secondary N) is 2. The molecule has 0 aromatic heterocycles. The van der Waals surface area contributed by atoms with Gasteiger partial charge in [0.25, 0.3) is 5.91 Å². The van der Waals surface area contributed by atoms with Crippen molar-refractivity contribution < 1.29 is 9.69 Å². The number of hydrogen-bond acceptors (Lipinski definition) is 1. The van der Waals surface area contributed by atoms with Gasteiger partial charge in [-0.05, 0) is 29.5 Å². The van der Waals surface area contributed by atoms with E-state index in [2.05, 4.69) is 57.4 Å². The Morgan fingerprint density at radius 2 is 1.67 bits per heavy atom. The van der Waals surface area contributed by atoms with Crippen LogP contribution in [0.25, 0.3) is 0 Å². The number of amides is 1. The number of quaternary nitrogens is 1. The first-order valence-corrected chi connectivity index (χ1v) is 8.52. The lowest BCUT2D eigenvalue weighted by Gasteiger charge is -2.20. The van der Waals surface area contributed by atoms with Crippen molar-refractivity contribution in [3.05, 3.63) is 65.2 Å². The molecule has 0 fully saturated rings. The molecule has 2 aromatic carbocycles. The summed E-state index contributed by atoms with van der Waals surface area (Å²) >= 11 is 0. The Balaban J connectivity index is 1.90. The van der Waals surface area contributed by atoms with Gasteiger partial charge in [0.1, 0.15) is 6.54 Å². The summed E-state index contributed by atoms with van der Waals surface area (Å²) in [5.74, 6) is 0.0492. The van der Waals surface area contributed by atoms with Crippen molar-refractivity contribution in [2.45, 2.75) is 39.7 Å². The summed E-state index contributed by atoms with van der Waals surface area (Å²) in [6.45, 7) is 9.95. The molecule has 0 aliphatic rings. The second-order valence-electron chi connectivity index (χ2n) is 7.62. The molecule has 2 rings (SSSR count). The summed E-state index contributed by atoms with van der Waals surface area (Å²) < 4.78 is 0. The Labute approximate surface area is 145 Å². The van der Waals surface area contributed by atoms with Crippen LogP contribution in [0.3, 0.4) is 0 Å². The summed E-state index contributed by atoms with van der Waals surface area (Å²) in [6, 6.07) is 16.6. The molecule has 128 valence electrons. The van der Waals surface area contributed by atoms with Gasteiger partial charge in [-0.25, -0.2) is 0 Å². The van der Waals surface area contributed by atoms with Gasteiger partial charge in [-0.2, -0.15) is 0 Å². The third kappa shape index (κ3) is 5.20. The van der Waals surface area contributed by atoms with E-state index in [1.807, 2.05) is 31.2 Å². The number of benzene rings is 2. The van der Waals surface area contributed by atoms with Gasteiger partial charge in [-0.15, -0.1) is 0 Å². The number of hydrogen-bond donors (Lipinski definition) is 2.